The van der Waals surface area contributed by atoms with Crippen LogP contribution >= 0.6 is 0 Å². The van der Waals surface area contributed by atoms with Gasteiger partial charge in [0, 0.05) is 5.56 Å². The second-order valence-electron chi connectivity index (χ2n) is 4.96. The van der Waals surface area contributed by atoms with Crippen molar-refractivity contribution in [2.24, 2.45) is 0 Å². The summed E-state index contributed by atoms with van der Waals surface area (Å²) in [5.41, 5.74) is 1.24. The number of benzene rings is 2. The average molecular weight is 320 g/mol. The number of rotatable bonds is 2. The van der Waals surface area contributed by atoms with E-state index in [0.717, 1.165) is 0 Å². The van der Waals surface area contributed by atoms with Crippen LogP contribution in [0.5, 0.6) is 5.75 Å². The van der Waals surface area contributed by atoms with Gasteiger partial charge in [-0.05, 0) is 42.8 Å². The third-order valence-corrected chi connectivity index (χ3v) is 3.30. The van der Waals surface area contributed by atoms with E-state index in [1.165, 1.54) is 18.2 Å². The summed E-state index contributed by atoms with van der Waals surface area (Å²) in [4.78, 5) is 19.1. The molecular formula is C16H11F3N2O2. The third-order valence-electron chi connectivity index (χ3n) is 3.30. The highest BCUT2D eigenvalue weighted by Crippen LogP contribution is 2.28. The van der Waals surface area contributed by atoms with Gasteiger partial charge in [-0.1, -0.05) is 12.1 Å². The molecule has 118 valence electrons. The van der Waals surface area contributed by atoms with Gasteiger partial charge in [0.15, 0.2) is 0 Å². The lowest BCUT2D eigenvalue weighted by Gasteiger charge is -2.11. The molecular weight excluding hydrogens is 309 g/mol. The van der Waals surface area contributed by atoms with Gasteiger partial charge in [0.05, 0.1) is 10.9 Å². The molecule has 0 spiro atoms. The van der Waals surface area contributed by atoms with Crippen LogP contribution in [-0.2, 0) is 0 Å². The Morgan fingerprint density at radius 2 is 1.87 bits per heavy atom. The average Bonchev–Trinajstić information content (AvgIpc) is 2.45. The molecule has 1 N–H and O–H groups in total. The number of ether oxygens (including phenoxy) is 1. The van der Waals surface area contributed by atoms with Crippen molar-refractivity contribution in [1.29, 1.82) is 0 Å². The molecule has 7 heteroatoms. The molecule has 0 aliphatic rings. The molecule has 0 radical (unpaired) electrons. The Bertz CT molecular complexity index is 932. The van der Waals surface area contributed by atoms with Crippen molar-refractivity contribution in [3.8, 4) is 17.1 Å². The number of nitrogens with zero attached hydrogens (tertiary/aromatic N) is 1. The zero-order valence-corrected chi connectivity index (χ0v) is 11.9. The summed E-state index contributed by atoms with van der Waals surface area (Å²) in [7, 11) is 0. The fraction of sp³-hybridized carbons (Fsp3) is 0.125. The van der Waals surface area contributed by atoms with Gasteiger partial charge in [-0.15, -0.1) is 13.2 Å². The molecule has 3 aromatic rings. The van der Waals surface area contributed by atoms with Gasteiger partial charge in [-0.3, -0.25) is 4.79 Å². The van der Waals surface area contributed by atoms with Crippen molar-refractivity contribution >= 4 is 10.9 Å². The van der Waals surface area contributed by atoms with Crippen LogP contribution in [0.25, 0.3) is 22.3 Å². The Kier molecular flexibility index (Phi) is 3.55. The Hall–Kier alpha value is -2.83. The predicted molar refractivity (Wildman–Crippen MR) is 79.2 cm³/mol. The van der Waals surface area contributed by atoms with Crippen LogP contribution in [0.2, 0.25) is 0 Å². The summed E-state index contributed by atoms with van der Waals surface area (Å²) in [5.74, 6) is -0.0216. The summed E-state index contributed by atoms with van der Waals surface area (Å²) in [6, 6.07) is 10.7. The van der Waals surface area contributed by atoms with E-state index in [0.29, 0.717) is 27.9 Å². The maximum atomic E-state index is 12.2. The minimum atomic E-state index is -4.75. The molecule has 0 saturated heterocycles. The smallest absolute Gasteiger partial charge is 0.406 e. The standard InChI is InChI=1S/C16H11F3N2O2/c1-9-8-10(23-16(17,18)19)6-7-11(9)14-20-13-5-3-2-4-12(13)15(22)21-14/h2-8H,1H3,(H,20,21,22). The van der Waals surface area contributed by atoms with Crippen LogP contribution in [0.4, 0.5) is 13.2 Å². The Morgan fingerprint density at radius 3 is 2.57 bits per heavy atom. The zero-order chi connectivity index (χ0) is 16.6. The van der Waals surface area contributed by atoms with Crippen LogP contribution in [0.15, 0.2) is 47.3 Å². The molecule has 4 nitrogen and oxygen atoms in total. The number of fused-ring (bicyclic) bond motifs is 1. The molecule has 1 aromatic heterocycles. The van der Waals surface area contributed by atoms with E-state index in [2.05, 4.69) is 14.7 Å². The first kappa shape index (κ1) is 15.1. The first-order chi connectivity index (χ1) is 10.8. The molecule has 3 rings (SSSR count). The normalized spacial score (nSPS) is 11.7. The number of aryl methyl sites for hydroxylation is 1. The Morgan fingerprint density at radius 1 is 1.13 bits per heavy atom. The van der Waals surface area contributed by atoms with Crippen molar-refractivity contribution in [3.05, 3.63) is 58.4 Å². The van der Waals surface area contributed by atoms with Crippen molar-refractivity contribution in [1.82, 2.24) is 9.97 Å². The predicted octanol–water partition coefficient (Wildman–Crippen LogP) is 3.80. The fourth-order valence-electron chi connectivity index (χ4n) is 2.31. The largest absolute Gasteiger partial charge is 0.573 e. The summed E-state index contributed by atoms with van der Waals surface area (Å²) in [6.45, 7) is 1.62. The van der Waals surface area contributed by atoms with Gasteiger partial charge in [-0.2, -0.15) is 0 Å². The number of aromatic nitrogens is 2. The lowest BCUT2D eigenvalue weighted by molar-refractivity contribution is -0.274. The van der Waals surface area contributed by atoms with Crippen LogP contribution in [0.3, 0.4) is 0 Å². The second-order valence-corrected chi connectivity index (χ2v) is 4.96. The molecule has 0 fully saturated rings. The SMILES string of the molecule is Cc1cc(OC(F)(F)F)ccc1-c1nc2ccccc2c(=O)[nH]1. The van der Waals surface area contributed by atoms with Gasteiger partial charge >= 0.3 is 6.36 Å². The number of hydrogen-bond acceptors (Lipinski definition) is 3. The van der Waals surface area contributed by atoms with Crippen molar-refractivity contribution in [3.63, 3.8) is 0 Å². The second kappa shape index (κ2) is 5.42. The quantitative estimate of drug-likeness (QED) is 0.781. The maximum absolute atomic E-state index is 12.2. The van der Waals surface area contributed by atoms with Gasteiger partial charge in [0.1, 0.15) is 11.6 Å². The molecule has 0 aliphatic heterocycles. The minimum Gasteiger partial charge on any atom is -0.406 e. The van der Waals surface area contributed by atoms with Crippen molar-refractivity contribution in [2.75, 3.05) is 0 Å². The van der Waals surface area contributed by atoms with E-state index in [-0.39, 0.29) is 11.3 Å². The third kappa shape index (κ3) is 3.18. The number of para-hydroxylation sites is 1. The molecule has 0 amide bonds. The molecule has 23 heavy (non-hydrogen) atoms. The van der Waals surface area contributed by atoms with Crippen molar-refractivity contribution < 1.29 is 17.9 Å². The highest BCUT2D eigenvalue weighted by Gasteiger charge is 2.31. The van der Waals surface area contributed by atoms with E-state index in [1.807, 2.05) is 0 Å². The first-order valence-corrected chi connectivity index (χ1v) is 6.69. The monoisotopic (exact) mass is 320 g/mol. The maximum Gasteiger partial charge on any atom is 0.573 e. The summed E-state index contributed by atoms with van der Waals surface area (Å²) in [6.07, 6.45) is -4.75. The van der Waals surface area contributed by atoms with E-state index < -0.39 is 6.36 Å². The summed E-state index contributed by atoms with van der Waals surface area (Å²) in [5, 5.41) is 0.450. The van der Waals surface area contributed by atoms with Gasteiger partial charge in [0.2, 0.25) is 0 Å². The minimum absolute atomic E-state index is 0.296. The van der Waals surface area contributed by atoms with E-state index >= 15 is 0 Å². The number of alkyl halides is 3. The first-order valence-electron chi connectivity index (χ1n) is 6.69. The molecule has 0 atom stereocenters. The molecule has 0 saturated carbocycles. The molecule has 0 aliphatic carbocycles. The topological polar surface area (TPSA) is 55.0 Å². The van der Waals surface area contributed by atoms with E-state index in [4.69, 9.17) is 0 Å². The van der Waals surface area contributed by atoms with Gasteiger partial charge < -0.3 is 9.72 Å². The number of hydrogen-bond donors (Lipinski definition) is 1. The number of nitrogens with one attached hydrogen (secondary N) is 1. The van der Waals surface area contributed by atoms with Gasteiger partial charge in [-0.25, -0.2) is 4.98 Å². The highest BCUT2D eigenvalue weighted by atomic mass is 19.4. The molecule has 1 heterocycles. The number of halogens is 3. The molecule has 0 unspecified atom stereocenters. The Labute approximate surface area is 128 Å². The number of H-pyrrole nitrogens is 1. The molecule has 2 aromatic carbocycles. The summed E-state index contributed by atoms with van der Waals surface area (Å²) >= 11 is 0. The van der Waals surface area contributed by atoms with Crippen LogP contribution < -0.4 is 10.3 Å². The lowest BCUT2D eigenvalue weighted by atomic mass is 10.1. The number of aromatic amines is 1. The molecule has 0 bridgehead atoms. The van der Waals surface area contributed by atoms with Crippen LogP contribution in [0.1, 0.15) is 5.56 Å². The van der Waals surface area contributed by atoms with E-state index in [1.54, 1.807) is 31.2 Å². The van der Waals surface area contributed by atoms with Crippen molar-refractivity contribution in [2.45, 2.75) is 13.3 Å². The lowest BCUT2D eigenvalue weighted by Crippen LogP contribution is -2.17. The Balaban J connectivity index is 2.07. The highest BCUT2D eigenvalue weighted by molar-refractivity contribution is 5.79. The summed E-state index contributed by atoms with van der Waals surface area (Å²) < 4.78 is 40.6. The van der Waals surface area contributed by atoms with Crippen LogP contribution in [0, 0.1) is 6.92 Å². The zero-order valence-electron chi connectivity index (χ0n) is 11.9. The van der Waals surface area contributed by atoms with Crippen LogP contribution in [-0.4, -0.2) is 16.3 Å². The van der Waals surface area contributed by atoms with Gasteiger partial charge in [0.25, 0.3) is 5.56 Å². The fourth-order valence-corrected chi connectivity index (χ4v) is 2.31. The van der Waals surface area contributed by atoms with E-state index in [9.17, 15) is 18.0 Å².